The van der Waals surface area contributed by atoms with Gasteiger partial charge in [0.2, 0.25) is 0 Å². The first-order chi connectivity index (χ1) is 5.95. The largest absolute Gasteiger partial charge is 0.445 e. The van der Waals surface area contributed by atoms with Crippen LogP contribution in [-0.2, 0) is 4.74 Å². The zero-order valence-electron chi connectivity index (χ0n) is 8.46. The van der Waals surface area contributed by atoms with E-state index in [2.05, 4.69) is 5.32 Å². The highest BCUT2D eigenvalue weighted by Gasteiger charge is 2.13. The summed E-state index contributed by atoms with van der Waals surface area (Å²) < 4.78 is 4.83. The summed E-state index contributed by atoms with van der Waals surface area (Å²) in [4.78, 5) is 11.0. The molecule has 1 amide bonds. The second-order valence-corrected chi connectivity index (χ2v) is 3.68. The monoisotopic (exact) mass is 186 g/mol. The first kappa shape index (κ1) is 12.0. The number of nitrogens with two attached hydrogens (primary N) is 1. The van der Waals surface area contributed by atoms with E-state index >= 15 is 0 Å². The zero-order chi connectivity index (χ0) is 10.3. The summed E-state index contributed by atoms with van der Waals surface area (Å²) in [6.45, 7) is 6.40. The second kappa shape index (κ2) is 5.59. The summed E-state index contributed by atoms with van der Waals surface area (Å²) in [6.07, 6.45) is 3.04. The molecule has 0 spiro atoms. The predicted molar refractivity (Wildman–Crippen MR) is 52.4 cm³/mol. The Bertz CT molecular complexity index is 183. The van der Waals surface area contributed by atoms with Gasteiger partial charge in [-0.3, -0.25) is 0 Å². The van der Waals surface area contributed by atoms with Gasteiger partial charge in [-0.25, -0.2) is 4.79 Å². The minimum atomic E-state index is -0.408. The van der Waals surface area contributed by atoms with Gasteiger partial charge >= 0.3 is 6.09 Å². The zero-order valence-corrected chi connectivity index (χ0v) is 8.46. The fourth-order valence-electron chi connectivity index (χ4n) is 0.630. The van der Waals surface area contributed by atoms with Crippen LogP contribution in [0.3, 0.4) is 0 Å². The molecule has 0 aliphatic rings. The van der Waals surface area contributed by atoms with Crippen molar-refractivity contribution in [2.75, 3.05) is 13.2 Å². The van der Waals surface area contributed by atoms with Gasteiger partial charge in [0.05, 0.1) is 0 Å². The molecule has 76 valence electrons. The maximum atomic E-state index is 11.0. The van der Waals surface area contributed by atoms with Crippen LogP contribution in [0.25, 0.3) is 0 Å². The Labute approximate surface area is 79.1 Å². The number of carbonyl (C=O) groups excluding carboxylic acids is 1. The number of ether oxygens (including phenoxy) is 1. The van der Waals surface area contributed by atoms with Crippen molar-refractivity contribution in [3.05, 3.63) is 12.2 Å². The molecule has 0 aromatic carbocycles. The van der Waals surface area contributed by atoms with Crippen molar-refractivity contribution in [3.63, 3.8) is 0 Å². The molecule has 0 radical (unpaired) electrons. The first-order valence-corrected chi connectivity index (χ1v) is 4.26. The Morgan fingerprint density at radius 2 is 2.08 bits per heavy atom. The maximum absolute atomic E-state index is 11.0. The van der Waals surface area contributed by atoms with Crippen LogP contribution in [0.2, 0.25) is 0 Å². The van der Waals surface area contributed by atoms with Gasteiger partial charge in [0, 0.05) is 12.1 Å². The molecule has 0 saturated carbocycles. The van der Waals surface area contributed by atoms with E-state index in [4.69, 9.17) is 10.5 Å². The lowest BCUT2D eigenvalue weighted by atomic mass is 10.1. The van der Waals surface area contributed by atoms with E-state index in [1.54, 1.807) is 12.2 Å². The Morgan fingerprint density at radius 1 is 1.46 bits per heavy atom. The minimum absolute atomic E-state index is 0.255. The summed E-state index contributed by atoms with van der Waals surface area (Å²) in [5.74, 6) is 0. The average Bonchev–Trinajstić information content (AvgIpc) is 1.94. The van der Waals surface area contributed by atoms with Gasteiger partial charge < -0.3 is 15.8 Å². The van der Waals surface area contributed by atoms with E-state index in [1.807, 2.05) is 20.8 Å². The molecule has 4 heteroatoms. The fraction of sp³-hybridized carbons (Fsp3) is 0.667. The molecule has 0 aromatic heterocycles. The van der Waals surface area contributed by atoms with Gasteiger partial charge in [0.15, 0.2) is 0 Å². The summed E-state index contributed by atoms with van der Waals surface area (Å²) in [5, 5.41) is 2.67. The normalized spacial score (nSPS) is 11.7. The van der Waals surface area contributed by atoms with Crippen molar-refractivity contribution in [2.24, 2.45) is 5.73 Å². The molecule has 0 fully saturated rings. The van der Waals surface area contributed by atoms with Gasteiger partial charge in [0.25, 0.3) is 0 Å². The highest BCUT2D eigenvalue weighted by Crippen LogP contribution is 1.98. The van der Waals surface area contributed by atoms with Gasteiger partial charge in [-0.1, -0.05) is 6.08 Å². The first-order valence-electron chi connectivity index (χ1n) is 4.26. The summed E-state index contributed by atoms with van der Waals surface area (Å²) in [6, 6.07) is 0. The van der Waals surface area contributed by atoms with Crippen molar-refractivity contribution < 1.29 is 9.53 Å². The summed E-state index contributed by atoms with van der Waals surface area (Å²) >= 11 is 0. The third kappa shape index (κ3) is 8.88. The Balaban J connectivity index is 3.58. The van der Waals surface area contributed by atoms with Crippen molar-refractivity contribution in [2.45, 2.75) is 26.3 Å². The van der Waals surface area contributed by atoms with Gasteiger partial charge in [-0.2, -0.15) is 0 Å². The molecule has 0 heterocycles. The number of hydrogen-bond donors (Lipinski definition) is 2. The van der Waals surface area contributed by atoms with Crippen molar-refractivity contribution >= 4 is 6.09 Å². The molecule has 0 atom stereocenters. The van der Waals surface area contributed by atoms with Crippen molar-refractivity contribution in [1.82, 2.24) is 5.32 Å². The summed E-state index contributed by atoms with van der Waals surface area (Å²) in [5.41, 5.74) is 4.95. The van der Waals surface area contributed by atoms with Gasteiger partial charge in [0.1, 0.15) is 6.61 Å². The third-order valence-corrected chi connectivity index (χ3v) is 1.09. The maximum Gasteiger partial charge on any atom is 0.407 e. The molecule has 0 aliphatic carbocycles. The number of alkyl carbamates (subject to hydrolysis) is 1. The second-order valence-electron chi connectivity index (χ2n) is 3.68. The van der Waals surface area contributed by atoms with Crippen LogP contribution in [0, 0.1) is 0 Å². The summed E-state index contributed by atoms with van der Waals surface area (Å²) in [7, 11) is 0. The molecule has 4 nitrogen and oxygen atoms in total. The van der Waals surface area contributed by atoms with Gasteiger partial charge in [-0.15, -0.1) is 0 Å². The number of hydrogen-bond acceptors (Lipinski definition) is 3. The number of rotatable bonds is 3. The molecular formula is C9H18N2O2. The lowest BCUT2D eigenvalue weighted by Gasteiger charge is -2.19. The van der Waals surface area contributed by atoms with Crippen molar-refractivity contribution in [3.8, 4) is 0 Å². The highest BCUT2D eigenvalue weighted by molar-refractivity contribution is 5.68. The van der Waals surface area contributed by atoms with E-state index < -0.39 is 6.09 Å². The fourth-order valence-corrected chi connectivity index (χ4v) is 0.630. The lowest BCUT2D eigenvalue weighted by Crippen LogP contribution is -2.40. The van der Waals surface area contributed by atoms with E-state index in [1.165, 1.54) is 0 Å². The third-order valence-electron chi connectivity index (χ3n) is 1.09. The number of amides is 1. The van der Waals surface area contributed by atoms with Crippen LogP contribution in [0.5, 0.6) is 0 Å². The number of nitrogens with one attached hydrogen (secondary N) is 1. The van der Waals surface area contributed by atoms with Crippen LogP contribution in [0.15, 0.2) is 12.2 Å². The predicted octanol–water partition coefficient (Wildman–Crippen LogP) is 1.03. The van der Waals surface area contributed by atoms with Gasteiger partial charge in [-0.05, 0) is 26.8 Å². The Hall–Kier alpha value is -1.03. The standard InChI is InChI=1S/C9H18N2O2/c1-9(2,3)11-8(12)13-7-5-4-6-10/h4-5H,6-7,10H2,1-3H3,(H,11,12)/b5-4+. The highest BCUT2D eigenvalue weighted by atomic mass is 16.5. The average molecular weight is 186 g/mol. The molecule has 0 aliphatic heterocycles. The van der Waals surface area contributed by atoms with Crippen LogP contribution >= 0.6 is 0 Å². The number of carbonyl (C=O) groups is 1. The molecule has 0 aromatic rings. The molecule has 0 bridgehead atoms. The molecule has 3 N–H and O–H groups in total. The van der Waals surface area contributed by atoms with Crippen LogP contribution in [0.4, 0.5) is 4.79 Å². The molecule has 0 rings (SSSR count). The molecular weight excluding hydrogens is 168 g/mol. The quantitative estimate of drug-likeness (QED) is 0.647. The molecule has 13 heavy (non-hydrogen) atoms. The lowest BCUT2D eigenvalue weighted by molar-refractivity contribution is 0.149. The van der Waals surface area contributed by atoms with E-state index in [9.17, 15) is 4.79 Å². The van der Waals surface area contributed by atoms with Crippen molar-refractivity contribution in [1.29, 1.82) is 0 Å². The topological polar surface area (TPSA) is 64.3 Å². The van der Waals surface area contributed by atoms with E-state index in [-0.39, 0.29) is 12.1 Å². The van der Waals surface area contributed by atoms with Crippen LogP contribution < -0.4 is 11.1 Å². The van der Waals surface area contributed by atoms with E-state index in [0.717, 1.165) is 0 Å². The minimum Gasteiger partial charge on any atom is -0.445 e. The SMILES string of the molecule is CC(C)(C)NC(=O)OC/C=C/CN. The van der Waals surface area contributed by atoms with Crippen LogP contribution in [0.1, 0.15) is 20.8 Å². The Kier molecular flexibility index (Phi) is 5.14. The van der Waals surface area contributed by atoms with Crippen LogP contribution in [-0.4, -0.2) is 24.8 Å². The Morgan fingerprint density at radius 3 is 2.54 bits per heavy atom. The molecule has 0 saturated heterocycles. The molecule has 0 unspecified atom stereocenters. The smallest absolute Gasteiger partial charge is 0.407 e. The van der Waals surface area contributed by atoms with E-state index in [0.29, 0.717) is 6.54 Å².